The lowest BCUT2D eigenvalue weighted by atomic mass is 10.3. The van der Waals surface area contributed by atoms with E-state index in [-0.39, 0.29) is 6.61 Å². The first-order valence-electron chi connectivity index (χ1n) is 3.34. The highest BCUT2D eigenvalue weighted by Crippen LogP contribution is 1.96. The van der Waals surface area contributed by atoms with Crippen LogP contribution in [0.5, 0.6) is 0 Å². The van der Waals surface area contributed by atoms with Gasteiger partial charge in [0.1, 0.15) is 12.7 Å². The van der Waals surface area contributed by atoms with Gasteiger partial charge in [0.25, 0.3) is 0 Å². The van der Waals surface area contributed by atoms with Gasteiger partial charge in [0.05, 0.1) is 0 Å². The van der Waals surface area contributed by atoms with Gasteiger partial charge in [0.15, 0.2) is 0 Å². The van der Waals surface area contributed by atoms with E-state index in [9.17, 15) is 4.79 Å². The van der Waals surface area contributed by atoms with Crippen molar-refractivity contribution >= 4 is 5.97 Å². The summed E-state index contributed by atoms with van der Waals surface area (Å²) in [6.45, 7) is 5.07. The van der Waals surface area contributed by atoms with E-state index in [0.29, 0.717) is 6.42 Å². The zero-order chi connectivity index (χ0) is 8.69. The van der Waals surface area contributed by atoms with Crippen LogP contribution in [-0.4, -0.2) is 23.9 Å². The van der Waals surface area contributed by atoms with E-state index in [1.807, 2.05) is 6.92 Å². The number of hydrogen-bond donors (Lipinski definition) is 1. The van der Waals surface area contributed by atoms with Crippen LogP contribution in [0.2, 0.25) is 0 Å². The third kappa shape index (κ3) is 4.52. The van der Waals surface area contributed by atoms with Gasteiger partial charge in [0.2, 0.25) is 0 Å². The molecular formula is C7H12O4. The Morgan fingerprint density at radius 3 is 2.82 bits per heavy atom. The molecular weight excluding hydrogens is 148 g/mol. The van der Waals surface area contributed by atoms with Gasteiger partial charge >= 0.3 is 5.97 Å². The number of rotatable bonds is 5. The van der Waals surface area contributed by atoms with Crippen molar-refractivity contribution in [2.24, 2.45) is 0 Å². The number of esters is 1. The van der Waals surface area contributed by atoms with Crippen LogP contribution in [0, 0.1) is 0 Å². The Labute approximate surface area is 65.4 Å². The van der Waals surface area contributed by atoms with Crippen molar-refractivity contribution in [3.63, 3.8) is 0 Å². The minimum Gasteiger partial charge on any atom is -0.460 e. The molecule has 64 valence electrons. The topological polar surface area (TPSA) is 55.8 Å². The quantitative estimate of drug-likeness (QED) is 0.282. The van der Waals surface area contributed by atoms with Crippen LogP contribution in [0.1, 0.15) is 13.3 Å². The monoisotopic (exact) mass is 160 g/mol. The first-order valence-corrected chi connectivity index (χ1v) is 3.34. The molecule has 1 atom stereocenters. The second-order valence-electron chi connectivity index (χ2n) is 1.97. The van der Waals surface area contributed by atoms with Crippen molar-refractivity contribution in [3.8, 4) is 0 Å². The average molecular weight is 160 g/mol. The molecule has 0 rings (SSSR count). The Hall–Kier alpha value is -0.870. The SMILES string of the molecule is C=CC(=O)OCC(CC)OO. The summed E-state index contributed by atoms with van der Waals surface area (Å²) in [5.74, 6) is -0.513. The maximum atomic E-state index is 10.5. The molecule has 4 heteroatoms. The Morgan fingerprint density at radius 1 is 1.82 bits per heavy atom. The predicted octanol–water partition coefficient (Wildman–Crippen LogP) is 0.984. The summed E-state index contributed by atoms with van der Waals surface area (Å²) < 4.78 is 4.59. The third-order valence-electron chi connectivity index (χ3n) is 1.18. The minimum absolute atomic E-state index is 0.0534. The molecule has 0 aromatic rings. The number of ether oxygens (including phenoxy) is 1. The van der Waals surface area contributed by atoms with E-state index in [1.165, 1.54) is 0 Å². The second-order valence-corrected chi connectivity index (χ2v) is 1.97. The number of carbonyl (C=O) groups is 1. The molecule has 0 aromatic heterocycles. The normalized spacial score (nSPS) is 12.2. The molecule has 0 heterocycles. The van der Waals surface area contributed by atoms with Gasteiger partial charge < -0.3 is 4.74 Å². The van der Waals surface area contributed by atoms with Crippen LogP contribution in [0.4, 0.5) is 0 Å². The Balaban J connectivity index is 3.49. The molecule has 1 N–H and O–H groups in total. The summed E-state index contributed by atoms with van der Waals surface area (Å²) in [7, 11) is 0. The van der Waals surface area contributed by atoms with Crippen molar-refractivity contribution in [1.29, 1.82) is 0 Å². The van der Waals surface area contributed by atoms with Crippen LogP contribution in [0.3, 0.4) is 0 Å². The van der Waals surface area contributed by atoms with Gasteiger partial charge in [-0.1, -0.05) is 13.5 Å². The molecule has 0 aromatic carbocycles. The summed E-state index contributed by atoms with van der Waals surface area (Å²) in [5.41, 5.74) is 0. The van der Waals surface area contributed by atoms with Crippen molar-refractivity contribution < 1.29 is 19.7 Å². The van der Waals surface area contributed by atoms with Crippen molar-refractivity contribution in [1.82, 2.24) is 0 Å². The van der Waals surface area contributed by atoms with Crippen LogP contribution in [0.15, 0.2) is 12.7 Å². The molecule has 0 radical (unpaired) electrons. The summed E-state index contributed by atoms with van der Waals surface area (Å²) in [5, 5.41) is 8.19. The van der Waals surface area contributed by atoms with Crippen molar-refractivity contribution in [3.05, 3.63) is 12.7 Å². The van der Waals surface area contributed by atoms with E-state index in [2.05, 4.69) is 16.2 Å². The maximum Gasteiger partial charge on any atom is 0.330 e. The van der Waals surface area contributed by atoms with Gasteiger partial charge in [0, 0.05) is 6.08 Å². The Morgan fingerprint density at radius 2 is 2.45 bits per heavy atom. The lowest BCUT2D eigenvalue weighted by Crippen LogP contribution is -2.19. The number of carbonyl (C=O) groups excluding carboxylic acids is 1. The fourth-order valence-electron chi connectivity index (χ4n) is 0.457. The smallest absolute Gasteiger partial charge is 0.330 e. The van der Waals surface area contributed by atoms with E-state index in [1.54, 1.807) is 0 Å². The Kier molecular flexibility index (Phi) is 5.42. The van der Waals surface area contributed by atoms with Gasteiger partial charge in [-0.2, -0.15) is 0 Å². The molecule has 0 aliphatic carbocycles. The molecule has 0 saturated carbocycles. The van der Waals surface area contributed by atoms with E-state index < -0.39 is 12.1 Å². The second kappa shape index (κ2) is 5.88. The molecule has 0 saturated heterocycles. The molecule has 11 heavy (non-hydrogen) atoms. The molecule has 1 unspecified atom stereocenters. The van der Waals surface area contributed by atoms with Crippen molar-refractivity contribution in [2.45, 2.75) is 19.4 Å². The maximum absolute atomic E-state index is 10.5. The highest BCUT2D eigenvalue weighted by Gasteiger charge is 2.07. The molecule has 0 amide bonds. The van der Waals surface area contributed by atoms with Gasteiger partial charge in [-0.05, 0) is 6.42 Å². The molecule has 0 aliphatic rings. The fraction of sp³-hybridized carbons (Fsp3) is 0.571. The zero-order valence-electron chi connectivity index (χ0n) is 6.45. The van der Waals surface area contributed by atoms with Crippen LogP contribution in [0.25, 0.3) is 0 Å². The molecule has 0 fully saturated rings. The fourth-order valence-corrected chi connectivity index (χ4v) is 0.457. The third-order valence-corrected chi connectivity index (χ3v) is 1.18. The van der Waals surface area contributed by atoms with E-state index in [0.717, 1.165) is 6.08 Å². The van der Waals surface area contributed by atoms with Gasteiger partial charge in [-0.15, -0.1) is 0 Å². The summed E-state index contributed by atoms with van der Waals surface area (Å²) in [4.78, 5) is 14.5. The highest BCUT2D eigenvalue weighted by molar-refractivity contribution is 5.81. The standard InChI is InChI=1S/C7H12O4/c1-3-6(11-9)5-10-7(8)4-2/h4,6,9H,2-3,5H2,1H3. The molecule has 0 spiro atoms. The summed E-state index contributed by atoms with van der Waals surface area (Å²) >= 11 is 0. The molecule has 0 bridgehead atoms. The van der Waals surface area contributed by atoms with Crippen molar-refractivity contribution in [2.75, 3.05) is 6.61 Å². The van der Waals surface area contributed by atoms with E-state index >= 15 is 0 Å². The molecule has 4 nitrogen and oxygen atoms in total. The number of hydrogen-bond acceptors (Lipinski definition) is 4. The minimum atomic E-state index is -0.513. The predicted molar refractivity (Wildman–Crippen MR) is 38.9 cm³/mol. The lowest BCUT2D eigenvalue weighted by Gasteiger charge is -2.09. The van der Waals surface area contributed by atoms with Gasteiger partial charge in [-0.25, -0.2) is 9.68 Å². The summed E-state index contributed by atoms with van der Waals surface area (Å²) in [6.07, 6.45) is 1.20. The Bertz CT molecular complexity index is 128. The largest absolute Gasteiger partial charge is 0.460 e. The van der Waals surface area contributed by atoms with E-state index in [4.69, 9.17) is 5.26 Å². The molecule has 0 aliphatic heterocycles. The van der Waals surface area contributed by atoms with Crippen LogP contribution < -0.4 is 0 Å². The summed E-state index contributed by atoms with van der Waals surface area (Å²) in [6, 6.07) is 0. The highest BCUT2D eigenvalue weighted by atomic mass is 17.1. The lowest BCUT2D eigenvalue weighted by molar-refractivity contribution is -0.285. The average Bonchev–Trinajstić information content (AvgIpc) is 2.06. The van der Waals surface area contributed by atoms with Gasteiger partial charge in [-0.3, -0.25) is 5.26 Å². The van der Waals surface area contributed by atoms with Crippen LogP contribution in [-0.2, 0) is 14.4 Å². The first-order chi connectivity index (χ1) is 5.24. The first kappa shape index (κ1) is 10.1. The van der Waals surface area contributed by atoms with Crippen LogP contribution >= 0.6 is 0 Å². The zero-order valence-corrected chi connectivity index (χ0v) is 6.45.